The van der Waals surface area contributed by atoms with E-state index in [0.717, 1.165) is 10.0 Å². The number of hydrogen-bond acceptors (Lipinski definition) is 8. The van der Waals surface area contributed by atoms with Gasteiger partial charge in [-0.15, -0.1) is 0 Å². The lowest BCUT2D eigenvalue weighted by atomic mass is 10.2. The minimum atomic E-state index is -0.375. The number of nitrogens with zero attached hydrogens (tertiary/aromatic N) is 2. The van der Waals surface area contributed by atoms with Gasteiger partial charge in [-0.05, 0) is 54.4 Å². The van der Waals surface area contributed by atoms with Crippen molar-refractivity contribution in [2.45, 2.75) is 20.8 Å². The second-order valence-electron chi connectivity index (χ2n) is 4.99. The van der Waals surface area contributed by atoms with Gasteiger partial charge in [0.1, 0.15) is 4.88 Å². The molecular weight excluding hydrogens is 422 g/mol. The van der Waals surface area contributed by atoms with Gasteiger partial charge in [-0.1, -0.05) is 11.3 Å². The Hall–Kier alpha value is -2.13. The van der Waals surface area contributed by atoms with Crippen molar-refractivity contribution in [3.8, 4) is 11.5 Å². The largest absolute Gasteiger partial charge is 0.493 e. The Balaban J connectivity index is 2.12. The van der Waals surface area contributed by atoms with Crippen molar-refractivity contribution in [1.29, 1.82) is 0 Å². The van der Waals surface area contributed by atoms with Gasteiger partial charge >= 0.3 is 5.97 Å². The molecule has 0 unspecified atom stereocenters. The van der Waals surface area contributed by atoms with Crippen molar-refractivity contribution in [2.24, 2.45) is 5.10 Å². The SMILES string of the molecule is CCOC(=O)c1sc(N/N=C\c2cc(Br)c(OCC)c(OC)c2)nc1C. The van der Waals surface area contributed by atoms with Crippen LogP contribution in [0.3, 0.4) is 0 Å². The number of thiazole rings is 1. The molecule has 1 N–H and O–H groups in total. The fourth-order valence-corrected chi connectivity index (χ4v) is 3.48. The van der Waals surface area contributed by atoms with Crippen molar-refractivity contribution in [1.82, 2.24) is 4.98 Å². The van der Waals surface area contributed by atoms with E-state index in [9.17, 15) is 4.79 Å². The number of carbonyl (C=O) groups excluding carboxylic acids is 1. The molecule has 0 saturated carbocycles. The molecule has 1 heterocycles. The number of aromatic nitrogens is 1. The number of hydrazone groups is 1. The zero-order valence-electron chi connectivity index (χ0n) is 15.0. The van der Waals surface area contributed by atoms with Gasteiger partial charge in [0.05, 0.1) is 36.7 Å². The Morgan fingerprint density at radius 2 is 2.15 bits per heavy atom. The maximum absolute atomic E-state index is 11.8. The molecule has 0 aliphatic carbocycles. The number of esters is 1. The quantitative estimate of drug-likeness (QED) is 0.374. The number of anilines is 1. The third-order valence-electron chi connectivity index (χ3n) is 3.17. The van der Waals surface area contributed by atoms with Crippen LogP contribution in [0, 0.1) is 6.92 Å². The Bertz CT molecular complexity index is 808. The number of aryl methyl sites for hydroxylation is 1. The molecule has 0 bridgehead atoms. The van der Waals surface area contributed by atoms with E-state index in [1.807, 2.05) is 19.1 Å². The van der Waals surface area contributed by atoms with Gasteiger partial charge in [0.2, 0.25) is 5.13 Å². The molecule has 1 aromatic carbocycles. The molecule has 0 spiro atoms. The highest BCUT2D eigenvalue weighted by atomic mass is 79.9. The van der Waals surface area contributed by atoms with Gasteiger partial charge < -0.3 is 14.2 Å². The number of methoxy groups -OCH3 is 1. The highest BCUT2D eigenvalue weighted by Gasteiger charge is 2.16. The van der Waals surface area contributed by atoms with Crippen molar-refractivity contribution in [2.75, 3.05) is 25.7 Å². The zero-order chi connectivity index (χ0) is 19.1. The number of hydrogen-bond donors (Lipinski definition) is 1. The number of rotatable bonds is 8. The van der Waals surface area contributed by atoms with Crippen LogP contribution in [0.4, 0.5) is 5.13 Å². The Labute approximate surface area is 164 Å². The van der Waals surface area contributed by atoms with E-state index in [1.165, 1.54) is 11.3 Å². The summed E-state index contributed by atoms with van der Waals surface area (Å²) in [5.41, 5.74) is 4.25. The summed E-state index contributed by atoms with van der Waals surface area (Å²) in [6, 6.07) is 3.69. The Morgan fingerprint density at radius 3 is 2.81 bits per heavy atom. The summed E-state index contributed by atoms with van der Waals surface area (Å²) in [6.07, 6.45) is 1.63. The third-order valence-corrected chi connectivity index (χ3v) is 4.80. The van der Waals surface area contributed by atoms with Crippen molar-refractivity contribution < 1.29 is 19.0 Å². The fourth-order valence-electron chi connectivity index (χ4n) is 2.09. The van der Waals surface area contributed by atoms with Gasteiger partial charge in [-0.3, -0.25) is 5.43 Å². The zero-order valence-corrected chi connectivity index (χ0v) is 17.4. The summed E-state index contributed by atoms with van der Waals surface area (Å²) in [5, 5.41) is 4.68. The van der Waals surface area contributed by atoms with Crippen LogP contribution in [0.5, 0.6) is 11.5 Å². The lowest BCUT2D eigenvalue weighted by Crippen LogP contribution is -2.03. The molecule has 2 aromatic rings. The lowest BCUT2D eigenvalue weighted by Gasteiger charge is -2.11. The molecule has 0 radical (unpaired) electrons. The number of ether oxygens (including phenoxy) is 3. The molecule has 26 heavy (non-hydrogen) atoms. The number of benzene rings is 1. The molecular formula is C17H20BrN3O4S. The van der Waals surface area contributed by atoms with Crippen LogP contribution in [0.15, 0.2) is 21.7 Å². The Kier molecular flexibility index (Phi) is 7.40. The summed E-state index contributed by atoms with van der Waals surface area (Å²) in [5.74, 6) is 0.881. The first-order valence-corrected chi connectivity index (χ1v) is 9.55. The van der Waals surface area contributed by atoms with Gasteiger partial charge in [0.15, 0.2) is 11.5 Å². The summed E-state index contributed by atoms with van der Waals surface area (Å²) in [6.45, 7) is 6.29. The van der Waals surface area contributed by atoms with Crippen LogP contribution in [0.2, 0.25) is 0 Å². The second kappa shape index (κ2) is 9.54. The van der Waals surface area contributed by atoms with E-state index in [1.54, 1.807) is 27.2 Å². The molecule has 0 saturated heterocycles. The van der Waals surface area contributed by atoms with Crippen LogP contribution >= 0.6 is 27.3 Å². The Morgan fingerprint density at radius 1 is 1.38 bits per heavy atom. The predicted octanol–water partition coefficient (Wildman–Crippen LogP) is 4.24. The minimum absolute atomic E-state index is 0.325. The van der Waals surface area contributed by atoms with E-state index >= 15 is 0 Å². The number of carbonyl (C=O) groups is 1. The highest BCUT2D eigenvalue weighted by molar-refractivity contribution is 9.10. The summed E-state index contributed by atoms with van der Waals surface area (Å²) in [4.78, 5) is 16.6. The molecule has 0 aliphatic rings. The molecule has 0 amide bonds. The van der Waals surface area contributed by atoms with Crippen LogP contribution in [0.25, 0.3) is 0 Å². The average molecular weight is 442 g/mol. The third kappa shape index (κ3) is 4.95. The number of halogens is 1. The minimum Gasteiger partial charge on any atom is -0.493 e. The van der Waals surface area contributed by atoms with E-state index in [2.05, 4.69) is 31.4 Å². The van der Waals surface area contributed by atoms with Crippen LogP contribution in [0.1, 0.15) is 34.8 Å². The smallest absolute Gasteiger partial charge is 0.350 e. The first-order chi connectivity index (χ1) is 12.5. The first-order valence-electron chi connectivity index (χ1n) is 7.94. The molecule has 0 aliphatic heterocycles. The number of nitrogens with one attached hydrogen (secondary N) is 1. The van der Waals surface area contributed by atoms with Crippen LogP contribution in [-0.2, 0) is 4.74 Å². The van der Waals surface area contributed by atoms with E-state index in [-0.39, 0.29) is 5.97 Å². The van der Waals surface area contributed by atoms with Crippen molar-refractivity contribution in [3.63, 3.8) is 0 Å². The summed E-state index contributed by atoms with van der Waals surface area (Å²) >= 11 is 4.67. The summed E-state index contributed by atoms with van der Waals surface area (Å²) < 4.78 is 16.7. The van der Waals surface area contributed by atoms with E-state index in [4.69, 9.17) is 14.2 Å². The molecule has 0 atom stereocenters. The standard InChI is InChI=1S/C17H20BrN3O4S/c1-5-24-14-12(18)7-11(8-13(14)23-4)9-19-21-17-20-10(3)15(26-17)16(22)25-6-2/h7-9H,5-6H2,1-4H3,(H,20,21)/b19-9-. The molecule has 140 valence electrons. The monoisotopic (exact) mass is 441 g/mol. The highest BCUT2D eigenvalue weighted by Crippen LogP contribution is 2.36. The molecule has 2 rings (SSSR count). The van der Waals surface area contributed by atoms with Gasteiger partial charge in [-0.2, -0.15) is 5.10 Å². The lowest BCUT2D eigenvalue weighted by molar-refractivity contribution is 0.0531. The second-order valence-corrected chi connectivity index (χ2v) is 6.84. The maximum Gasteiger partial charge on any atom is 0.350 e. The van der Waals surface area contributed by atoms with E-state index in [0.29, 0.717) is 40.4 Å². The van der Waals surface area contributed by atoms with Gasteiger partial charge in [0.25, 0.3) is 0 Å². The molecule has 7 nitrogen and oxygen atoms in total. The first kappa shape index (κ1) is 20.2. The van der Waals surface area contributed by atoms with Crippen LogP contribution < -0.4 is 14.9 Å². The van der Waals surface area contributed by atoms with E-state index < -0.39 is 0 Å². The summed E-state index contributed by atoms with van der Waals surface area (Å²) in [7, 11) is 1.58. The predicted molar refractivity (Wildman–Crippen MR) is 106 cm³/mol. The van der Waals surface area contributed by atoms with Gasteiger partial charge in [0, 0.05) is 0 Å². The normalized spacial score (nSPS) is 10.8. The molecule has 0 fully saturated rings. The van der Waals surface area contributed by atoms with Crippen molar-refractivity contribution in [3.05, 3.63) is 32.7 Å². The average Bonchev–Trinajstić information content (AvgIpc) is 2.98. The maximum atomic E-state index is 11.8. The van der Waals surface area contributed by atoms with Gasteiger partial charge in [-0.25, -0.2) is 9.78 Å². The fraction of sp³-hybridized carbons (Fsp3) is 0.353. The topological polar surface area (TPSA) is 82.0 Å². The molecule has 9 heteroatoms. The molecule has 1 aromatic heterocycles. The van der Waals surface area contributed by atoms with Crippen molar-refractivity contribution >= 4 is 44.6 Å². The van der Waals surface area contributed by atoms with Crippen LogP contribution in [-0.4, -0.2) is 37.5 Å².